The summed E-state index contributed by atoms with van der Waals surface area (Å²) < 4.78 is 0. The van der Waals surface area contributed by atoms with Crippen molar-refractivity contribution in [1.29, 1.82) is 0 Å². The van der Waals surface area contributed by atoms with Crippen LogP contribution in [0.4, 0.5) is 0 Å². The summed E-state index contributed by atoms with van der Waals surface area (Å²) in [5, 5.41) is 19.5. The number of rotatable bonds is 8. The summed E-state index contributed by atoms with van der Waals surface area (Å²) in [7, 11) is 0. The van der Waals surface area contributed by atoms with E-state index in [4.69, 9.17) is 21.7 Å². The Kier molecular flexibility index (Phi) is 8.93. The normalized spacial score (nSPS) is 12.9. The van der Waals surface area contributed by atoms with E-state index >= 15 is 0 Å². The monoisotopic (exact) mass is 301 g/mol. The molecule has 0 aliphatic heterocycles. The molecule has 0 aliphatic rings. The number of imidazole rings is 1. The van der Waals surface area contributed by atoms with Gasteiger partial charge in [-0.05, 0) is 26.4 Å². The van der Waals surface area contributed by atoms with Crippen molar-refractivity contribution in [3.8, 4) is 0 Å². The zero-order valence-electron chi connectivity index (χ0n) is 12.0. The maximum Gasteiger partial charge on any atom is 0.323 e. The molecule has 1 atom stereocenters. The van der Waals surface area contributed by atoms with Gasteiger partial charge in [-0.15, -0.1) is 0 Å². The lowest BCUT2D eigenvalue weighted by Crippen LogP contribution is -2.46. The van der Waals surface area contributed by atoms with Crippen molar-refractivity contribution >= 4 is 11.9 Å². The van der Waals surface area contributed by atoms with Crippen LogP contribution < -0.4 is 16.8 Å². The van der Waals surface area contributed by atoms with Gasteiger partial charge in [-0.3, -0.25) is 9.59 Å². The number of carboxylic acid groups (broad SMARTS) is 2. The predicted octanol–water partition coefficient (Wildman–Crippen LogP) is -1.24. The van der Waals surface area contributed by atoms with E-state index in [0.717, 1.165) is 6.42 Å². The third-order valence-corrected chi connectivity index (χ3v) is 2.43. The van der Waals surface area contributed by atoms with Crippen LogP contribution in [0.3, 0.4) is 0 Å². The Bertz CT molecular complexity index is 419. The highest BCUT2D eigenvalue weighted by atomic mass is 16.4. The Morgan fingerprint density at radius 2 is 2.14 bits per heavy atom. The van der Waals surface area contributed by atoms with Gasteiger partial charge >= 0.3 is 11.9 Å². The quantitative estimate of drug-likeness (QED) is 0.324. The zero-order chi connectivity index (χ0) is 16.3. The van der Waals surface area contributed by atoms with Crippen molar-refractivity contribution in [3.05, 3.63) is 18.2 Å². The average molecular weight is 301 g/mol. The van der Waals surface area contributed by atoms with Gasteiger partial charge in [0.05, 0.1) is 18.6 Å². The molecule has 1 rings (SSSR count). The molecule has 9 nitrogen and oxygen atoms in total. The molecule has 0 saturated carbocycles. The predicted molar refractivity (Wildman–Crippen MR) is 76.7 cm³/mol. The minimum absolute atomic E-state index is 0.0278. The number of aromatic nitrogens is 2. The van der Waals surface area contributed by atoms with E-state index in [1.807, 2.05) is 0 Å². The lowest BCUT2D eigenvalue weighted by atomic mass is 9.98. The van der Waals surface area contributed by atoms with Crippen molar-refractivity contribution in [2.45, 2.75) is 25.3 Å². The minimum Gasteiger partial charge on any atom is -0.480 e. The molecular formula is C12H23N5O4. The first-order chi connectivity index (χ1) is 9.79. The molecule has 1 aromatic heterocycles. The van der Waals surface area contributed by atoms with Gasteiger partial charge in [0.2, 0.25) is 0 Å². The first-order valence-corrected chi connectivity index (χ1v) is 6.42. The van der Waals surface area contributed by atoms with Gasteiger partial charge in [0.25, 0.3) is 0 Å². The molecule has 0 bridgehead atoms. The van der Waals surface area contributed by atoms with Gasteiger partial charge in [0, 0.05) is 12.6 Å². The lowest BCUT2D eigenvalue weighted by molar-refractivity contribution is -0.142. The number of aromatic amines is 1. The largest absolute Gasteiger partial charge is 0.480 e. The molecule has 0 fully saturated rings. The van der Waals surface area contributed by atoms with Gasteiger partial charge in [0.15, 0.2) is 0 Å². The van der Waals surface area contributed by atoms with Gasteiger partial charge in [-0.1, -0.05) is 0 Å². The number of hydrogen-bond acceptors (Lipinski definition) is 6. The van der Waals surface area contributed by atoms with Gasteiger partial charge in [-0.2, -0.15) is 0 Å². The first-order valence-electron chi connectivity index (χ1n) is 6.42. The first kappa shape index (κ1) is 19.0. The Morgan fingerprint density at radius 3 is 2.57 bits per heavy atom. The van der Waals surface area contributed by atoms with Gasteiger partial charge in [-0.25, -0.2) is 4.98 Å². The van der Waals surface area contributed by atoms with E-state index in [9.17, 15) is 9.59 Å². The zero-order valence-corrected chi connectivity index (χ0v) is 12.0. The third-order valence-electron chi connectivity index (χ3n) is 2.43. The number of carbonyl (C=O) groups is 2. The molecule has 0 aromatic carbocycles. The molecule has 21 heavy (non-hydrogen) atoms. The molecule has 0 saturated heterocycles. The summed E-state index contributed by atoms with van der Waals surface area (Å²) in [4.78, 5) is 27.1. The Labute approximate surface area is 122 Å². The van der Waals surface area contributed by atoms with Crippen LogP contribution in [0.25, 0.3) is 0 Å². The number of hydrogen-bond donors (Lipinski definition) is 6. The highest BCUT2D eigenvalue weighted by Gasteiger charge is 2.28. The van der Waals surface area contributed by atoms with Crippen molar-refractivity contribution in [1.82, 2.24) is 15.3 Å². The fourth-order valence-corrected chi connectivity index (χ4v) is 1.26. The summed E-state index contributed by atoms with van der Waals surface area (Å²) in [6, 6.07) is 0. The molecule has 0 amide bonds. The second-order valence-corrected chi connectivity index (χ2v) is 4.67. The Hall–Kier alpha value is -1.97. The van der Waals surface area contributed by atoms with Crippen molar-refractivity contribution in [3.63, 3.8) is 0 Å². The average Bonchev–Trinajstić information content (AvgIpc) is 2.87. The molecule has 0 spiro atoms. The standard InChI is InChI=1S/C7H11N3O2.C5H12N2O2/c1-7(8,6(11)12)2-5-3-9-4-10-5;6-2-1-3-7-4-5(8)9/h3-4H,2,8H2,1H3,(H,9,10)(H,11,12);7H,1-4,6H2,(H,8,9)/t7-;/m0./s1. The maximum atomic E-state index is 10.6. The summed E-state index contributed by atoms with van der Waals surface area (Å²) in [5.41, 5.74) is 10.1. The van der Waals surface area contributed by atoms with E-state index in [-0.39, 0.29) is 13.0 Å². The number of H-pyrrole nitrogens is 1. The second-order valence-electron chi connectivity index (χ2n) is 4.67. The SMILES string of the molecule is C[C@](N)(Cc1c[nH]cn1)C(=O)O.NCCCNCC(=O)O. The molecule has 0 radical (unpaired) electrons. The summed E-state index contributed by atoms with van der Waals surface area (Å²) >= 11 is 0. The van der Waals surface area contributed by atoms with E-state index in [0.29, 0.717) is 18.8 Å². The van der Waals surface area contributed by atoms with Gasteiger partial charge < -0.3 is 32.0 Å². The van der Waals surface area contributed by atoms with Crippen LogP contribution in [-0.4, -0.2) is 57.3 Å². The van der Waals surface area contributed by atoms with Crippen LogP contribution in [0.1, 0.15) is 19.0 Å². The minimum atomic E-state index is -1.24. The second kappa shape index (κ2) is 9.86. The van der Waals surface area contributed by atoms with Crippen LogP contribution >= 0.6 is 0 Å². The molecule has 9 heteroatoms. The van der Waals surface area contributed by atoms with Gasteiger partial charge in [0.1, 0.15) is 5.54 Å². The fraction of sp³-hybridized carbons (Fsp3) is 0.583. The van der Waals surface area contributed by atoms with Crippen LogP contribution in [-0.2, 0) is 16.0 Å². The van der Waals surface area contributed by atoms with Crippen LogP contribution in [0.2, 0.25) is 0 Å². The number of aliphatic carboxylic acids is 2. The van der Waals surface area contributed by atoms with Crippen molar-refractivity contribution in [2.24, 2.45) is 11.5 Å². The lowest BCUT2D eigenvalue weighted by Gasteiger charge is -2.16. The van der Waals surface area contributed by atoms with E-state index in [1.165, 1.54) is 13.3 Å². The fourth-order valence-electron chi connectivity index (χ4n) is 1.26. The maximum absolute atomic E-state index is 10.6. The van der Waals surface area contributed by atoms with E-state index in [2.05, 4.69) is 15.3 Å². The molecular weight excluding hydrogens is 278 g/mol. The van der Waals surface area contributed by atoms with E-state index in [1.54, 1.807) is 6.20 Å². The summed E-state index contributed by atoms with van der Waals surface area (Å²) in [6.07, 6.45) is 4.18. The number of nitrogens with one attached hydrogen (secondary N) is 2. The van der Waals surface area contributed by atoms with Crippen molar-refractivity contribution < 1.29 is 19.8 Å². The van der Waals surface area contributed by atoms with Crippen LogP contribution in [0, 0.1) is 0 Å². The summed E-state index contributed by atoms with van der Waals surface area (Å²) in [5.74, 6) is -1.85. The van der Waals surface area contributed by atoms with Crippen molar-refractivity contribution in [2.75, 3.05) is 19.6 Å². The third kappa shape index (κ3) is 9.55. The topological polar surface area (TPSA) is 167 Å². The Balaban J connectivity index is 0.000000400. The van der Waals surface area contributed by atoms with E-state index < -0.39 is 17.5 Å². The smallest absolute Gasteiger partial charge is 0.323 e. The van der Waals surface area contributed by atoms with Crippen LogP contribution in [0.5, 0.6) is 0 Å². The molecule has 0 unspecified atom stereocenters. The number of nitrogens with two attached hydrogens (primary N) is 2. The molecule has 1 aromatic rings. The highest BCUT2D eigenvalue weighted by Crippen LogP contribution is 2.07. The number of carboxylic acids is 2. The molecule has 1 heterocycles. The van der Waals surface area contributed by atoms with Crippen LogP contribution in [0.15, 0.2) is 12.5 Å². The molecule has 8 N–H and O–H groups in total. The summed E-state index contributed by atoms with van der Waals surface area (Å²) in [6.45, 7) is 2.78. The Morgan fingerprint density at radius 1 is 1.48 bits per heavy atom. The molecule has 120 valence electrons. The number of nitrogens with zero attached hydrogens (tertiary/aromatic N) is 1. The highest BCUT2D eigenvalue weighted by molar-refractivity contribution is 5.78. The molecule has 0 aliphatic carbocycles.